The van der Waals surface area contributed by atoms with Crippen molar-refractivity contribution < 1.29 is 13.9 Å². The van der Waals surface area contributed by atoms with Crippen molar-refractivity contribution in [3.63, 3.8) is 0 Å². The van der Waals surface area contributed by atoms with Gasteiger partial charge in [-0.05, 0) is 29.3 Å². The van der Waals surface area contributed by atoms with E-state index in [4.69, 9.17) is 4.74 Å². The van der Waals surface area contributed by atoms with E-state index in [-0.39, 0.29) is 11.7 Å². The first-order chi connectivity index (χ1) is 10.1. The second-order valence-corrected chi connectivity index (χ2v) is 5.24. The summed E-state index contributed by atoms with van der Waals surface area (Å²) in [5, 5.41) is 0. The molecule has 1 unspecified atom stereocenters. The van der Waals surface area contributed by atoms with Crippen LogP contribution >= 0.6 is 0 Å². The second kappa shape index (κ2) is 5.56. The van der Waals surface area contributed by atoms with Crippen LogP contribution in [0.4, 0.5) is 4.39 Å². The fraction of sp³-hybridized carbons (Fsp3) is 0.235. The van der Waals surface area contributed by atoms with E-state index in [1.807, 2.05) is 24.3 Å². The van der Waals surface area contributed by atoms with Crippen molar-refractivity contribution >= 4 is 5.91 Å². The van der Waals surface area contributed by atoms with Gasteiger partial charge in [0.15, 0.2) is 6.10 Å². The molecule has 1 atom stereocenters. The first kappa shape index (κ1) is 13.6. The van der Waals surface area contributed by atoms with Crippen LogP contribution in [0.15, 0.2) is 48.5 Å². The molecule has 0 saturated heterocycles. The fourth-order valence-electron chi connectivity index (χ4n) is 2.55. The number of likely N-dealkylation sites (N-methyl/N-ethyl adjacent to an activating group) is 1. The number of hydrogen-bond acceptors (Lipinski definition) is 2. The molecule has 1 aliphatic rings. The fourth-order valence-corrected chi connectivity index (χ4v) is 2.55. The van der Waals surface area contributed by atoms with Gasteiger partial charge in [0.25, 0.3) is 5.91 Å². The van der Waals surface area contributed by atoms with Crippen molar-refractivity contribution in [3.05, 3.63) is 65.5 Å². The third kappa shape index (κ3) is 2.89. The monoisotopic (exact) mass is 285 g/mol. The first-order valence-electron chi connectivity index (χ1n) is 6.87. The SMILES string of the molecule is CN(Cc1cccc(F)c1)C(=O)C1Cc2ccccc2O1. The van der Waals surface area contributed by atoms with Gasteiger partial charge in [0.05, 0.1) is 0 Å². The number of ether oxygens (including phenoxy) is 1. The summed E-state index contributed by atoms with van der Waals surface area (Å²) in [6.45, 7) is 0.368. The van der Waals surface area contributed by atoms with Crippen LogP contribution in [-0.4, -0.2) is 24.0 Å². The molecule has 2 aromatic carbocycles. The highest BCUT2D eigenvalue weighted by Crippen LogP contribution is 2.28. The van der Waals surface area contributed by atoms with Crippen molar-refractivity contribution in [2.45, 2.75) is 19.1 Å². The number of hydrogen-bond donors (Lipinski definition) is 0. The molecule has 3 rings (SSSR count). The van der Waals surface area contributed by atoms with Gasteiger partial charge in [0.2, 0.25) is 0 Å². The maximum Gasteiger partial charge on any atom is 0.264 e. The smallest absolute Gasteiger partial charge is 0.264 e. The minimum absolute atomic E-state index is 0.0875. The van der Waals surface area contributed by atoms with E-state index in [0.29, 0.717) is 13.0 Å². The number of para-hydroxylation sites is 1. The summed E-state index contributed by atoms with van der Waals surface area (Å²) in [6, 6.07) is 13.9. The number of benzene rings is 2. The molecule has 2 aromatic rings. The zero-order valence-electron chi connectivity index (χ0n) is 11.8. The molecular weight excluding hydrogens is 269 g/mol. The molecule has 108 valence electrons. The molecular formula is C17H16FNO2. The predicted molar refractivity (Wildman–Crippen MR) is 77.4 cm³/mol. The minimum atomic E-state index is -0.485. The summed E-state index contributed by atoms with van der Waals surface area (Å²) >= 11 is 0. The quantitative estimate of drug-likeness (QED) is 0.868. The number of carbonyl (C=O) groups is 1. The van der Waals surface area contributed by atoms with Gasteiger partial charge in [0, 0.05) is 20.0 Å². The lowest BCUT2D eigenvalue weighted by Gasteiger charge is -2.21. The lowest BCUT2D eigenvalue weighted by Crippen LogP contribution is -2.38. The van der Waals surface area contributed by atoms with Crippen LogP contribution in [0.2, 0.25) is 0 Å². The average molecular weight is 285 g/mol. The third-order valence-electron chi connectivity index (χ3n) is 3.61. The Labute approximate surface area is 123 Å². The van der Waals surface area contributed by atoms with Gasteiger partial charge < -0.3 is 9.64 Å². The van der Waals surface area contributed by atoms with Gasteiger partial charge in [-0.1, -0.05) is 30.3 Å². The Hall–Kier alpha value is -2.36. The van der Waals surface area contributed by atoms with E-state index in [1.165, 1.54) is 12.1 Å². The van der Waals surface area contributed by atoms with Gasteiger partial charge in [0.1, 0.15) is 11.6 Å². The van der Waals surface area contributed by atoms with Crippen LogP contribution in [0.3, 0.4) is 0 Å². The van der Waals surface area contributed by atoms with Gasteiger partial charge in [-0.25, -0.2) is 4.39 Å². The molecule has 0 saturated carbocycles. The van der Waals surface area contributed by atoms with Crippen molar-refractivity contribution in [3.8, 4) is 5.75 Å². The van der Waals surface area contributed by atoms with Crippen LogP contribution < -0.4 is 4.74 Å². The summed E-state index contributed by atoms with van der Waals surface area (Å²) in [6.07, 6.45) is 0.101. The van der Waals surface area contributed by atoms with Crippen LogP contribution in [0.5, 0.6) is 5.75 Å². The normalized spacial score (nSPS) is 16.2. The molecule has 1 heterocycles. The molecule has 0 aliphatic carbocycles. The summed E-state index contributed by atoms with van der Waals surface area (Å²) in [7, 11) is 1.71. The van der Waals surface area contributed by atoms with E-state index >= 15 is 0 Å². The molecule has 4 heteroatoms. The molecule has 3 nitrogen and oxygen atoms in total. The van der Waals surface area contributed by atoms with Crippen LogP contribution in [0.25, 0.3) is 0 Å². The Kier molecular flexibility index (Phi) is 3.60. The number of halogens is 1. The molecule has 0 fully saturated rings. The van der Waals surface area contributed by atoms with Crippen LogP contribution in [0.1, 0.15) is 11.1 Å². The lowest BCUT2D eigenvalue weighted by molar-refractivity contribution is -0.137. The van der Waals surface area contributed by atoms with Crippen molar-refractivity contribution in [1.29, 1.82) is 0 Å². The van der Waals surface area contributed by atoms with Gasteiger partial charge >= 0.3 is 0 Å². The van der Waals surface area contributed by atoms with E-state index in [0.717, 1.165) is 16.9 Å². The number of carbonyl (C=O) groups excluding carboxylic acids is 1. The Morgan fingerprint density at radius 2 is 2.10 bits per heavy atom. The van der Waals surface area contributed by atoms with E-state index in [2.05, 4.69) is 0 Å². The number of fused-ring (bicyclic) bond motifs is 1. The number of amides is 1. The Morgan fingerprint density at radius 1 is 1.29 bits per heavy atom. The Balaban J connectivity index is 1.66. The topological polar surface area (TPSA) is 29.5 Å². The molecule has 0 N–H and O–H groups in total. The molecule has 0 spiro atoms. The maximum atomic E-state index is 13.2. The van der Waals surface area contributed by atoms with Crippen molar-refractivity contribution in [1.82, 2.24) is 4.90 Å². The number of nitrogens with zero attached hydrogens (tertiary/aromatic N) is 1. The molecule has 0 bridgehead atoms. The van der Waals surface area contributed by atoms with E-state index in [9.17, 15) is 9.18 Å². The van der Waals surface area contributed by atoms with Crippen LogP contribution in [-0.2, 0) is 17.8 Å². The van der Waals surface area contributed by atoms with E-state index < -0.39 is 6.10 Å². The van der Waals surface area contributed by atoms with Crippen molar-refractivity contribution in [2.75, 3.05) is 7.05 Å². The zero-order valence-corrected chi connectivity index (χ0v) is 11.8. The Bertz CT molecular complexity index is 646. The van der Waals surface area contributed by atoms with Gasteiger partial charge in [-0.15, -0.1) is 0 Å². The highest BCUT2D eigenvalue weighted by Gasteiger charge is 2.30. The van der Waals surface area contributed by atoms with Crippen LogP contribution in [0, 0.1) is 5.82 Å². The van der Waals surface area contributed by atoms with Gasteiger partial charge in [-0.3, -0.25) is 4.79 Å². The first-order valence-corrected chi connectivity index (χ1v) is 6.87. The summed E-state index contributed by atoms with van der Waals surface area (Å²) in [5.41, 5.74) is 1.82. The molecule has 0 radical (unpaired) electrons. The summed E-state index contributed by atoms with van der Waals surface area (Å²) in [4.78, 5) is 14.0. The average Bonchev–Trinajstić information content (AvgIpc) is 2.90. The highest BCUT2D eigenvalue weighted by atomic mass is 19.1. The van der Waals surface area contributed by atoms with Gasteiger partial charge in [-0.2, -0.15) is 0 Å². The lowest BCUT2D eigenvalue weighted by atomic mass is 10.1. The Morgan fingerprint density at radius 3 is 2.86 bits per heavy atom. The molecule has 1 amide bonds. The van der Waals surface area contributed by atoms with E-state index in [1.54, 1.807) is 24.1 Å². The van der Waals surface area contributed by atoms with Crippen molar-refractivity contribution in [2.24, 2.45) is 0 Å². The second-order valence-electron chi connectivity index (χ2n) is 5.24. The number of rotatable bonds is 3. The maximum absolute atomic E-state index is 13.2. The largest absolute Gasteiger partial charge is 0.480 e. The molecule has 21 heavy (non-hydrogen) atoms. The standard InChI is InChI=1S/C17H16FNO2/c1-19(11-12-5-4-7-14(18)9-12)17(20)16-10-13-6-2-3-8-15(13)21-16/h2-9,16H,10-11H2,1H3. The minimum Gasteiger partial charge on any atom is -0.480 e. The third-order valence-corrected chi connectivity index (χ3v) is 3.61. The highest BCUT2D eigenvalue weighted by molar-refractivity contribution is 5.82. The summed E-state index contributed by atoms with van der Waals surface area (Å²) in [5.74, 6) is 0.392. The summed E-state index contributed by atoms with van der Waals surface area (Å²) < 4.78 is 18.9. The zero-order chi connectivity index (χ0) is 14.8. The molecule has 0 aromatic heterocycles. The predicted octanol–water partition coefficient (Wildman–Crippen LogP) is 2.79. The molecule has 1 aliphatic heterocycles.